The minimum absolute atomic E-state index is 0. The van der Waals surface area contributed by atoms with Crippen LogP contribution in [0.5, 0.6) is 17.2 Å². The highest BCUT2D eigenvalue weighted by atomic mass is 127. The summed E-state index contributed by atoms with van der Waals surface area (Å²) in [4.78, 5) is 7.09. The summed E-state index contributed by atoms with van der Waals surface area (Å²) in [7, 11) is 3.04. The molecule has 0 bridgehead atoms. The first kappa shape index (κ1) is 23.9. The second kappa shape index (κ2) is 11.7. The van der Waals surface area contributed by atoms with Crippen molar-refractivity contribution in [1.29, 1.82) is 0 Å². The molecule has 1 aliphatic heterocycles. The molecule has 1 saturated heterocycles. The van der Waals surface area contributed by atoms with E-state index >= 15 is 0 Å². The van der Waals surface area contributed by atoms with Gasteiger partial charge in [0.25, 0.3) is 0 Å². The lowest BCUT2D eigenvalue weighted by Gasteiger charge is -2.20. The lowest BCUT2D eigenvalue weighted by molar-refractivity contribution is 0.339. The van der Waals surface area contributed by atoms with Crippen molar-refractivity contribution in [2.75, 3.05) is 38.8 Å². The highest BCUT2D eigenvalue weighted by Gasteiger charge is 2.23. The van der Waals surface area contributed by atoms with Gasteiger partial charge in [-0.25, -0.2) is 4.99 Å². The van der Waals surface area contributed by atoms with E-state index in [2.05, 4.69) is 46.7 Å². The Kier molecular flexibility index (Phi) is 9.35. The van der Waals surface area contributed by atoms with Crippen LogP contribution >= 0.6 is 24.0 Å². The number of hydrogen-bond acceptors (Lipinski definition) is 5. The minimum atomic E-state index is -0.000259. The number of guanidine groups is 1. The lowest BCUT2D eigenvalue weighted by Crippen LogP contribution is -2.44. The molecule has 2 aromatic carbocycles. The third-order valence-electron chi connectivity index (χ3n) is 4.95. The fraction of sp³-hybridized carbons (Fsp3) is 0.409. The third kappa shape index (κ3) is 6.07. The molecule has 0 aromatic heterocycles. The molecule has 7 nitrogen and oxygen atoms in total. The Balaban J connectivity index is 0.00000320. The zero-order valence-corrected chi connectivity index (χ0v) is 20.1. The first-order chi connectivity index (χ1) is 14.1. The molecular formula is C22H31IN4O3. The van der Waals surface area contributed by atoms with Crippen molar-refractivity contribution in [3.8, 4) is 17.2 Å². The van der Waals surface area contributed by atoms with E-state index in [0.717, 1.165) is 37.6 Å². The molecule has 1 aliphatic rings. The van der Waals surface area contributed by atoms with Crippen LogP contribution in [0.15, 0.2) is 47.5 Å². The summed E-state index contributed by atoms with van der Waals surface area (Å²) in [5.41, 5.74) is 2.15. The van der Waals surface area contributed by atoms with Crippen LogP contribution in [0.1, 0.15) is 18.9 Å². The van der Waals surface area contributed by atoms with Gasteiger partial charge in [0.1, 0.15) is 0 Å². The van der Waals surface area contributed by atoms with E-state index in [9.17, 15) is 5.11 Å². The first-order valence-electron chi connectivity index (χ1n) is 9.93. The quantitative estimate of drug-likeness (QED) is 0.292. The molecular weight excluding hydrogens is 495 g/mol. The van der Waals surface area contributed by atoms with Crippen molar-refractivity contribution in [1.82, 2.24) is 10.6 Å². The van der Waals surface area contributed by atoms with Crippen molar-refractivity contribution in [2.24, 2.45) is 4.99 Å². The number of phenolic OH excluding ortho intramolecular Hbond substituents is 1. The Morgan fingerprint density at radius 1 is 1.17 bits per heavy atom. The number of ether oxygens (including phenoxy) is 2. The Morgan fingerprint density at radius 2 is 1.83 bits per heavy atom. The number of phenols is 1. The number of nitrogens with zero attached hydrogens (tertiary/aromatic N) is 2. The van der Waals surface area contributed by atoms with Gasteiger partial charge >= 0.3 is 0 Å². The van der Waals surface area contributed by atoms with Crippen LogP contribution in [0.25, 0.3) is 0 Å². The molecule has 0 saturated carbocycles. The van der Waals surface area contributed by atoms with Crippen molar-refractivity contribution < 1.29 is 14.6 Å². The van der Waals surface area contributed by atoms with Gasteiger partial charge in [0.2, 0.25) is 5.75 Å². The number of aliphatic imine (C=N–C) groups is 1. The van der Waals surface area contributed by atoms with Gasteiger partial charge in [0.15, 0.2) is 17.5 Å². The molecule has 0 radical (unpaired) electrons. The third-order valence-corrected chi connectivity index (χ3v) is 4.95. The standard InChI is InChI=1S/C22H30N4O3.HI/c1-4-23-22(24-14-16-12-19(28-2)21(27)20(13-16)29-3)25-17-10-11-26(15-17)18-8-6-5-7-9-18;/h5-9,12-13,17,27H,4,10-11,14-15H2,1-3H3,(H2,23,24,25);1H. The van der Waals surface area contributed by atoms with Crippen LogP contribution in [0.2, 0.25) is 0 Å². The van der Waals surface area contributed by atoms with Crippen LogP contribution in [0.4, 0.5) is 5.69 Å². The van der Waals surface area contributed by atoms with E-state index in [1.54, 1.807) is 12.1 Å². The number of anilines is 1. The summed E-state index contributed by atoms with van der Waals surface area (Å²) in [5.74, 6) is 1.53. The number of para-hydroxylation sites is 1. The monoisotopic (exact) mass is 526 g/mol. The zero-order valence-electron chi connectivity index (χ0n) is 17.7. The molecule has 1 atom stereocenters. The maximum absolute atomic E-state index is 10.1. The van der Waals surface area contributed by atoms with Gasteiger partial charge in [0, 0.05) is 31.4 Å². The fourth-order valence-electron chi connectivity index (χ4n) is 3.47. The Bertz CT molecular complexity index is 807. The Hall–Kier alpha value is -2.36. The van der Waals surface area contributed by atoms with E-state index in [4.69, 9.17) is 14.5 Å². The molecule has 2 aromatic rings. The Morgan fingerprint density at radius 3 is 2.43 bits per heavy atom. The van der Waals surface area contributed by atoms with E-state index in [1.165, 1.54) is 19.9 Å². The summed E-state index contributed by atoms with van der Waals surface area (Å²) < 4.78 is 10.5. The number of hydrogen-bond donors (Lipinski definition) is 3. The smallest absolute Gasteiger partial charge is 0.200 e. The molecule has 8 heteroatoms. The number of rotatable bonds is 7. The van der Waals surface area contributed by atoms with Gasteiger partial charge in [-0.3, -0.25) is 0 Å². The molecule has 1 unspecified atom stereocenters. The molecule has 3 rings (SSSR count). The summed E-state index contributed by atoms with van der Waals surface area (Å²) >= 11 is 0. The van der Waals surface area contributed by atoms with Crippen LogP contribution in [0, 0.1) is 0 Å². The largest absolute Gasteiger partial charge is 0.502 e. The normalized spacial score (nSPS) is 16.0. The molecule has 30 heavy (non-hydrogen) atoms. The van der Waals surface area contributed by atoms with Crippen LogP contribution in [-0.2, 0) is 6.54 Å². The summed E-state index contributed by atoms with van der Waals surface area (Å²) in [6, 6.07) is 14.4. The number of nitrogens with one attached hydrogen (secondary N) is 2. The average Bonchev–Trinajstić information content (AvgIpc) is 3.22. The summed E-state index contributed by atoms with van der Waals surface area (Å²) in [6.45, 7) is 5.23. The number of methoxy groups -OCH3 is 2. The van der Waals surface area contributed by atoms with E-state index in [-0.39, 0.29) is 29.7 Å². The molecule has 1 heterocycles. The average molecular weight is 526 g/mol. The Labute approximate surface area is 195 Å². The molecule has 0 amide bonds. The topological polar surface area (TPSA) is 78.4 Å². The predicted octanol–water partition coefficient (Wildman–Crippen LogP) is 3.36. The SMILES string of the molecule is CCNC(=NCc1cc(OC)c(O)c(OC)c1)NC1CCN(c2ccccc2)C1.I. The molecule has 0 spiro atoms. The minimum Gasteiger partial charge on any atom is -0.502 e. The second-order valence-electron chi connectivity index (χ2n) is 6.96. The number of halogens is 1. The van der Waals surface area contributed by atoms with E-state index in [1.807, 2.05) is 6.07 Å². The molecule has 1 fully saturated rings. The van der Waals surface area contributed by atoms with Gasteiger partial charge in [-0.15, -0.1) is 24.0 Å². The maximum atomic E-state index is 10.1. The second-order valence-corrected chi connectivity index (χ2v) is 6.96. The fourth-order valence-corrected chi connectivity index (χ4v) is 3.47. The van der Waals surface area contributed by atoms with Gasteiger partial charge in [-0.2, -0.15) is 0 Å². The lowest BCUT2D eigenvalue weighted by atomic mass is 10.2. The maximum Gasteiger partial charge on any atom is 0.200 e. The predicted molar refractivity (Wildman–Crippen MR) is 132 cm³/mol. The van der Waals surface area contributed by atoms with E-state index in [0.29, 0.717) is 24.1 Å². The van der Waals surface area contributed by atoms with Crippen LogP contribution in [-0.4, -0.2) is 51.0 Å². The molecule has 164 valence electrons. The number of benzene rings is 2. The highest BCUT2D eigenvalue weighted by molar-refractivity contribution is 14.0. The van der Waals surface area contributed by atoms with Crippen LogP contribution in [0.3, 0.4) is 0 Å². The van der Waals surface area contributed by atoms with Gasteiger partial charge in [-0.1, -0.05) is 18.2 Å². The van der Waals surface area contributed by atoms with Gasteiger partial charge in [-0.05, 0) is 43.2 Å². The first-order valence-corrected chi connectivity index (χ1v) is 9.93. The molecule has 3 N–H and O–H groups in total. The summed E-state index contributed by atoms with van der Waals surface area (Å²) in [6.07, 6.45) is 1.06. The van der Waals surface area contributed by atoms with Gasteiger partial charge in [0.05, 0.1) is 20.8 Å². The van der Waals surface area contributed by atoms with Crippen molar-refractivity contribution in [3.63, 3.8) is 0 Å². The van der Waals surface area contributed by atoms with Crippen molar-refractivity contribution in [2.45, 2.75) is 25.9 Å². The van der Waals surface area contributed by atoms with Crippen LogP contribution < -0.4 is 25.0 Å². The van der Waals surface area contributed by atoms with E-state index < -0.39 is 0 Å². The van der Waals surface area contributed by atoms with Gasteiger partial charge < -0.3 is 30.1 Å². The molecule has 0 aliphatic carbocycles. The summed E-state index contributed by atoms with van der Waals surface area (Å²) in [5, 5.41) is 16.9. The van der Waals surface area contributed by atoms with Crippen molar-refractivity contribution in [3.05, 3.63) is 48.0 Å². The highest BCUT2D eigenvalue weighted by Crippen LogP contribution is 2.37. The number of aromatic hydroxyl groups is 1. The zero-order chi connectivity index (χ0) is 20.6. The van der Waals surface area contributed by atoms with Crippen molar-refractivity contribution >= 4 is 35.6 Å².